The molecule has 2 bridgehead atoms. The molecule has 3 heterocycles. The molecule has 5 aliphatic rings. The fourth-order valence-corrected chi connectivity index (χ4v) is 8.26. The van der Waals surface area contributed by atoms with Crippen molar-refractivity contribution in [1.29, 1.82) is 0 Å². The van der Waals surface area contributed by atoms with E-state index < -0.39 is 17.8 Å². The minimum absolute atomic E-state index is 0.0295. The first-order valence-corrected chi connectivity index (χ1v) is 13.0. The van der Waals surface area contributed by atoms with Crippen molar-refractivity contribution in [1.82, 2.24) is 9.88 Å². The first kappa shape index (κ1) is 21.9. The number of allylic oxidation sites excluding steroid dienone is 3. The van der Waals surface area contributed by atoms with Gasteiger partial charge in [-0.25, -0.2) is 0 Å². The molecule has 182 valence electrons. The summed E-state index contributed by atoms with van der Waals surface area (Å²) in [6.45, 7) is 2.42. The Hall–Kier alpha value is -2.31. The summed E-state index contributed by atoms with van der Waals surface area (Å²) in [6.07, 6.45) is 13.7. The normalized spacial score (nSPS) is 41.7. The molecular weight excluding hydrogens is 436 g/mol. The molecule has 7 rings (SSSR count). The third kappa shape index (κ3) is 2.70. The van der Waals surface area contributed by atoms with Gasteiger partial charge in [0.05, 0.1) is 17.3 Å². The highest BCUT2D eigenvalue weighted by Crippen LogP contribution is 2.68. The van der Waals surface area contributed by atoms with E-state index in [1.807, 2.05) is 31.4 Å². The van der Waals surface area contributed by atoms with Crippen LogP contribution in [0.2, 0.25) is 0 Å². The highest BCUT2D eigenvalue weighted by atomic mass is 16.5. The summed E-state index contributed by atoms with van der Waals surface area (Å²) in [4.78, 5) is 6.47. The number of hydrogen-bond donors (Lipinski definition) is 2. The van der Waals surface area contributed by atoms with Gasteiger partial charge in [0.1, 0.15) is 6.10 Å². The zero-order chi connectivity index (χ0) is 24.2. The second-order valence-electron chi connectivity index (χ2n) is 11.8. The van der Waals surface area contributed by atoms with Crippen LogP contribution in [0.4, 0.5) is 0 Å². The van der Waals surface area contributed by atoms with Gasteiger partial charge in [-0.2, -0.15) is 0 Å². The third-order valence-electron chi connectivity index (χ3n) is 10.1. The van der Waals surface area contributed by atoms with Crippen LogP contribution in [0.5, 0.6) is 0 Å². The van der Waals surface area contributed by atoms with Crippen LogP contribution in [0.15, 0.2) is 66.0 Å². The van der Waals surface area contributed by atoms with Crippen LogP contribution < -0.4 is 0 Å². The van der Waals surface area contributed by atoms with E-state index in [4.69, 9.17) is 4.74 Å². The molecule has 1 saturated heterocycles. The van der Waals surface area contributed by atoms with E-state index in [9.17, 15) is 10.2 Å². The molecule has 3 aliphatic carbocycles. The number of nitrogens with zero attached hydrogens (tertiary/aromatic N) is 2. The summed E-state index contributed by atoms with van der Waals surface area (Å²) in [6, 6.07) is 8.53. The minimum atomic E-state index is -0.887. The summed E-state index contributed by atoms with van der Waals surface area (Å²) in [5.74, 6) is 0.343. The van der Waals surface area contributed by atoms with Gasteiger partial charge in [0.15, 0.2) is 0 Å². The van der Waals surface area contributed by atoms with Crippen molar-refractivity contribution in [2.75, 3.05) is 14.1 Å². The van der Waals surface area contributed by atoms with E-state index in [0.29, 0.717) is 5.92 Å². The lowest BCUT2D eigenvalue weighted by atomic mass is 9.58. The summed E-state index contributed by atoms with van der Waals surface area (Å²) < 4.78 is 7.25. The molecular formula is C30H34N2O3. The first-order valence-electron chi connectivity index (χ1n) is 13.0. The highest BCUT2D eigenvalue weighted by Gasteiger charge is 2.67. The number of rotatable bonds is 2. The Morgan fingerprint density at radius 1 is 1.11 bits per heavy atom. The van der Waals surface area contributed by atoms with Gasteiger partial charge < -0.3 is 19.8 Å². The maximum absolute atomic E-state index is 11.2. The number of aromatic nitrogens is 1. The fraction of sp³-hybridized carbons (Fsp3) is 0.500. The van der Waals surface area contributed by atoms with Gasteiger partial charge in [0, 0.05) is 35.2 Å². The molecule has 0 amide bonds. The minimum Gasteiger partial charge on any atom is -0.388 e. The first-order chi connectivity index (χ1) is 16.8. The average molecular weight is 471 g/mol. The Morgan fingerprint density at radius 3 is 2.80 bits per heavy atom. The van der Waals surface area contributed by atoms with Crippen molar-refractivity contribution < 1.29 is 14.9 Å². The number of aliphatic hydroxyl groups excluding tert-OH is 2. The fourth-order valence-electron chi connectivity index (χ4n) is 8.26. The standard InChI is InChI=1S/C30H34N2O3/c1-28-11-9-19-15-23-26(33)27(34)24(32(2)3)16-29(23)12-13-30(19,35-29)25(28)8-7-22(28)20-6-4-5-18-10-14-31-17-21(18)20/h4-7,9-10,14-15,17,24-27,33-34H,8,11-13,16H2,1-3H3/t24-,25?,26+,27+,28+,29+,30+/m0/s1. The van der Waals surface area contributed by atoms with E-state index >= 15 is 0 Å². The molecule has 2 spiro atoms. The summed E-state index contributed by atoms with van der Waals surface area (Å²) >= 11 is 0. The number of pyridine rings is 1. The number of ether oxygens (including phenoxy) is 1. The molecule has 2 fully saturated rings. The van der Waals surface area contributed by atoms with Crippen LogP contribution in [0.1, 0.15) is 44.6 Å². The zero-order valence-corrected chi connectivity index (χ0v) is 20.7. The van der Waals surface area contributed by atoms with Gasteiger partial charge in [-0.3, -0.25) is 4.98 Å². The van der Waals surface area contributed by atoms with E-state index in [1.54, 1.807) is 0 Å². The molecule has 1 aromatic carbocycles. The van der Waals surface area contributed by atoms with Crippen molar-refractivity contribution in [2.24, 2.45) is 11.3 Å². The van der Waals surface area contributed by atoms with Gasteiger partial charge in [-0.1, -0.05) is 43.4 Å². The SMILES string of the molecule is CN(C)[C@H]1C[C@@]23CC[C@@]4(O2)C(=CC[C@]2(C)C(c5cccc6ccncc56)=CCC24)C=C3[C@@H](O)[C@@H]1O. The van der Waals surface area contributed by atoms with Crippen LogP contribution in [0.3, 0.4) is 0 Å². The largest absolute Gasteiger partial charge is 0.388 e. The summed E-state index contributed by atoms with van der Waals surface area (Å²) in [5, 5.41) is 24.5. The van der Waals surface area contributed by atoms with Gasteiger partial charge in [0.2, 0.25) is 0 Å². The van der Waals surface area contributed by atoms with Crippen molar-refractivity contribution in [3.8, 4) is 0 Å². The van der Waals surface area contributed by atoms with E-state index in [2.05, 4.69) is 54.4 Å². The lowest BCUT2D eigenvalue weighted by Gasteiger charge is -2.55. The molecule has 1 unspecified atom stereocenters. The second kappa shape index (κ2) is 7.13. The van der Waals surface area contributed by atoms with Crippen LogP contribution in [0.25, 0.3) is 16.3 Å². The maximum Gasteiger partial charge on any atom is 0.105 e. The zero-order valence-electron chi connectivity index (χ0n) is 20.7. The molecule has 7 atom stereocenters. The maximum atomic E-state index is 11.2. The molecule has 2 aliphatic heterocycles. The number of benzene rings is 1. The molecule has 5 heteroatoms. The van der Waals surface area contributed by atoms with Gasteiger partial charge in [-0.05, 0) is 79.9 Å². The Balaban J connectivity index is 1.33. The number of hydrogen-bond acceptors (Lipinski definition) is 5. The van der Waals surface area contributed by atoms with Crippen LogP contribution in [-0.2, 0) is 4.74 Å². The van der Waals surface area contributed by atoms with E-state index in [0.717, 1.165) is 37.7 Å². The molecule has 0 radical (unpaired) electrons. The Bertz CT molecular complexity index is 1320. The van der Waals surface area contributed by atoms with Gasteiger partial charge in [-0.15, -0.1) is 0 Å². The lowest BCUT2D eigenvalue weighted by molar-refractivity contribution is -0.161. The monoisotopic (exact) mass is 470 g/mol. The van der Waals surface area contributed by atoms with Crippen LogP contribution >= 0.6 is 0 Å². The summed E-state index contributed by atoms with van der Waals surface area (Å²) in [7, 11) is 3.96. The molecule has 2 aromatic rings. The van der Waals surface area contributed by atoms with E-state index in [-0.39, 0.29) is 17.1 Å². The Labute approximate surface area is 206 Å². The van der Waals surface area contributed by atoms with Crippen molar-refractivity contribution in [3.05, 3.63) is 71.6 Å². The highest BCUT2D eigenvalue weighted by molar-refractivity contribution is 5.95. The number of fused-ring (bicyclic) bond motifs is 2. The van der Waals surface area contributed by atoms with Crippen molar-refractivity contribution in [2.45, 2.75) is 68.5 Å². The summed E-state index contributed by atoms with van der Waals surface area (Å²) in [5.41, 5.74) is 3.95. The molecule has 2 N–H and O–H groups in total. The van der Waals surface area contributed by atoms with Gasteiger partial charge >= 0.3 is 0 Å². The Kier molecular flexibility index (Phi) is 4.47. The smallest absolute Gasteiger partial charge is 0.105 e. The van der Waals surface area contributed by atoms with Crippen molar-refractivity contribution in [3.63, 3.8) is 0 Å². The number of likely N-dealkylation sites (N-methyl/N-ethyl adjacent to an activating group) is 1. The lowest BCUT2D eigenvalue weighted by Crippen LogP contribution is -2.61. The predicted octanol–water partition coefficient (Wildman–Crippen LogP) is 4.26. The van der Waals surface area contributed by atoms with E-state index in [1.165, 1.54) is 27.5 Å². The quantitative estimate of drug-likeness (QED) is 0.687. The third-order valence-corrected chi connectivity index (χ3v) is 10.1. The molecule has 1 saturated carbocycles. The van der Waals surface area contributed by atoms with Crippen LogP contribution in [-0.4, -0.2) is 63.6 Å². The Morgan fingerprint density at radius 2 is 1.97 bits per heavy atom. The topological polar surface area (TPSA) is 65.8 Å². The average Bonchev–Trinajstić information content (AvgIpc) is 3.37. The van der Waals surface area contributed by atoms with Gasteiger partial charge in [0.25, 0.3) is 0 Å². The predicted molar refractivity (Wildman–Crippen MR) is 137 cm³/mol. The second-order valence-corrected chi connectivity index (χ2v) is 11.8. The molecule has 1 aromatic heterocycles. The van der Waals surface area contributed by atoms with Crippen LogP contribution in [0, 0.1) is 11.3 Å². The van der Waals surface area contributed by atoms with Crippen molar-refractivity contribution >= 4 is 16.3 Å². The number of aliphatic hydroxyl groups is 2. The molecule has 5 nitrogen and oxygen atoms in total. The molecule has 35 heavy (non-hydrogen) atoms.